The van der Waals surface area contributed by atoms with Gasteiger partial charge < -0.3 is 5.11 Å². The molecule has 0 radical (unpaired) electrons. The van der Waals surface area contributed by atoms with Crippen molar-refractivity contribution >= 4 is 15.9 Å². The Morgan fingerprint density at radius 1 is 1.11 bits per heavy atom. The van der Waals surface area contributed by atoms with E-state index in [0.29, 0.717) is 16.5 Å². The van der Waals surface area contributed by atoms with E-state index in [1.165, 1.54) is 24.3 Å². The number of aliphatic hydroxyl groups excluding tert-OH is 1. The summed E-state index contributed by atoms with van der Waals surface area (Å²) >= 11 is 3.25. The number of aryl methyl sites for hydroxylation is 1. The number of aliphatic hydroxyl groups is 1. The SMILES string of the molecule is Cc1cc(F)cc(C(O)Cc2ccc(F)cc2Br)c1. The molecule has 0 fully saturated rings. The summed E-state index contributed by atoms with van der Waals surface area (Å²) in [6, 6.07) is 8.75. The van der Waals surface area contributed by atoms with Gasteiger partial charge in [0.25, 0.3) is 0 Å². The summed E-state index contributed by atoms with van der Waals surface area (Å²) in [6.45, 7) is 1.77. The van der Waals surface area contributed by atoms with Gasteiger partial charge in [0.05, 0.1) is 6.10 Å². The zero-order valence-corrected chi connectivity index (χ0v) is 11.9. The van der Waals surface area contributed by atoms with Crippen molar-refractivity contribution in [3.63, 3.8) is 0 Å². The number of hydrogen-bond acceptors (Lipinski definition) is 1. The van der Waals surface area contributed by atoms with E-state index >= 15 is 0 Å². The monoisotopic (exact) mass is 326 g/mol. The van der Waals surface area contributed by atoms with Crippen LogP contribution < -0.4 is 0 Å². The highest BCUT2D eigenvalue weighted by molar-refractivity contribution is 9.10. The molecule has 1 atom stereocenters. The van der Waals surface area contributed by atoms with Crippen LogP contribution in [0.15, 0.2) is 40.9 Å². The van der Waals surface area contributed by atoms with Gasteiger partial charge in [-0.3, -0.25) is 0 Å². The fourth-order valence-corrected chi connectivity index (χ4v) is 2.48. The molecular formula is C15H13BrF2O. The van der Waals surface area contributed by atoms with Crippen LogP contribution in [-0.4, -0.2) is 5.11 Å². The van der Waals surface area contributed by atoms with Crippen molar-refractivity contribution in [3.05, 3.63) is 69.2 Å². The van der Waals surface area contributed by atoms with Gasteiger partial charge >= 0.3 is 0 Å². The summed E-state index contributed by atoms with van der Waals surface area (Å²) < 4.78 is 26.9. The third-order valence-electron chi connectivity index (χ3n) is 2.88. The lowest BCUT2D eigenvalue weighted by atomic mass is 10.00. The molecule has 19 heavy (non-hydrogen) atoms. The fourth-order valence-electron chi connectivity index (χ4n) is 1.97. The normalized spacial score (nSPS) is 12.5. The maximum absolute atomic E-state index is 13.3. The standard InChI is InChI=1S/C15H13BrF2O/c1-9-4-11(6-13(18)5-9)15(19)7-10-2-3-12(17)8-14(10)16/h2-6,8,15,19H,7H2,1H3. The molecule has 0 aliphatic heterocycles. The number of halogens is 3. The highest BCUT2D eigenvalue weighted by Crippen LogP contribution is 2.25. The third kappa shape index (κ3) is 3.61. The first-order valence-electron chi connectivity index (χ1n) is 5.85. The van der Waals surface area contributed by atoms with Crippen LogP contribution in [-0.2, 0) is 6.42 Å². The van der Waals surface area contributed by atoms with Gasteiger partial charge in [0.15, 0.2) is 0 Å². The van der Waals surface area contributed by atoms with Gasteiger partial charge in [-0.2, -0.15) is 0 Å². The smallest absolute Gasteiger partial charge is 0.124 e. The predicted octanol–water partition coefficient (Wildman–Crippen LogP) is 4.31. The Kier molecular flexibility index (Phi) is 4.32. The summed E-state index contributed by atoms with van der Waals surface area (Å²) in [4.78, 5) is 0. The minimum absolute atomic E-state index is 0.295. The van der Waals surface area contributed by atoms with E-state index < -0.39 is 6.10 Å². The molecule has 0 aliphatic carbocycles. The Labute approximate surface area is 119 Å². The molecule has 4 heteroatoms. The van der Waals surface area contributed by atoms with Gasteiger partial charge in [-0.15, -0.1) is 0 Å². The van der Waals surface area contributed by atoms with Crippen molar-refractivity contribution in [2.45, 2.75) is 19.4 Å². The summed E-state index contributed by atoms with van der Waals surface area (Å²) in [5.74, 6) is -0.709. The maximum Gasteiger partial charge on any atom is 0.124 e. The van der Waals surface area contributed by atoms with Crippen LogP contribution in [0.25, 0.3) is 0 Å². The van der Waals surface area contributed by atoms with Crippen LogP contribution in [0.4, 0.5) is 8.78 Å². The third-order valence-corrected chi connectivity index (χ3v) is 3.62. The molecule has 2 aromatic carbocycles. The molecule has 0 heterocycles. The van der Waals surface area contributed by atoms with E-state index in [-0.39, 0.29) is 11.6 Å². The second-order valence-corrected chi connectivity index (χ2v) is 5.37. The minimum Gasteiger partial charge on any atom is -0.388 e. The van der Waals surface area contributed by atoms with Crippen molar-refractivity contribution in [3.8, 4) is 0 Å². The molecule has 0 aromatic heterocycles. The second-order valence-electron chi connectivity index (χ2n) is 4.52. The van der Waals surface area contributed by atoms with Gasteiger partial charge in [-0.05, 0) is 47.9 Å². The molecular weight excluding hydrogens is 314 g/mol. The molecule has 0 aliphatic rings. The summed E-state index contributed by atoms with van der Waals surface area (Å²) in [6.07, 6.45) is -0.528. The molecule has 0 saturated carbocycles. The van der Waals surface area contributed by atoms with Crippen LogP contribution in [0.3, 0.4) is 0 Å². The summed E-state index contributed by atoms with van der Waals surface area (Å²) in [7, 11) is 0. The Morgan fingerprint density at radius 2 is 1.84 bits per heavy atom. The van der Waals surface area contributed by atoms with Crippen molar-refractivity contribution in [2.24, 2.45) is 0 Å². The van der Waals surface area contributed by atoms with Crippen molar-refractivity contribution < 1.29 is 13.9 Å². The first-order chi connectivity index (χ1) is 8.95. The molecule has 0 amide bonds. The summed E-state index contributed by atoms with van der Waals surface area (Å²) in [5.41, 5.74) is 2.05. The highest BCUT2D eigenvalue weighted by atomic mass is 79.9. The Bertz CT molecular complexity index is 578. The van der Waals surface area contributed by atoms with E-state index in [9.17, 15) is 13.9 Å². The quantitative estimate of drug-likeness (QED) is 0.891. The van der Waals surface area contributed by atoms with Gasteiger partial charge in [0.2, 0.25) is 0 Å². The molecule has 1 unspecified atom stereocenters. The number of rotatable bonds is 3. The van der Waals surface area contributed by atoms with Crippen molar-refractivity contribution in [1.29, 1.82) is 0 Å². The molecule has 1 N–H and O–H groups in total. The fraction of sp³-hybridized carbons (Fsp3) is 0.200. The van der Waals surface area contributed by atoms with Crippen LogP contribution >= 0.6 is 15.9 Å². The molecule has 0 saturated heterocycles. The van der Waals surface area contributed by atoms with Crippen LogP contribution in [0.1, 0.15) is 22.8 Å². The average Bonchev–Trinajstić information content (AvgIpc) is 2.31. The molecule has 2 aromatic rings. The number of benzene rings is 2. The highest BCUT2D eigenvalue weighted by Gasteiger charge is 2.12. The van der Waals surface area contributed by atoms with Crippen molar-refractivity contribution in [1.82, 2.24) is 0 Å². The van der Waals surface area contributed by atoms with E-state index in [1.807, 2.05) is 0 Å². The van der Waals surface area contributed by atoms with E-state index in [4.69, 9.17) is 0 Å². The van der Waals surface area contributed by atoms with E-state index in [2.05, 4.69) is 15.9 Å². The molecule has 100 valence electrons. The second kappa shape index (κ2) is 5.80. The first kappa shape index (κ1) is 14.2. The topological polar surface area (TPSA) is 20.2 Å². The number of hydrogen-bond donors (Lipinski definition) is 1. The zero-order valence-electron chi connectivity index (χ0n) is 10.3. The Hall–Kier alpha value is -1.26. The first-order valence-corrected chi connectivity index (χ1v) is 6.64. The lowest BCUT2D eigenvalue weighted by molar-refractivity contribution is 0.177. The Morgan fingerprint density at radius 3 is 2.47 bits per heavy atom. The van der Waals surface area contributed by atoms with Gasteiger partial charge in [-0.1, -0.05) is 28.1 Å². The van der Waals surface area contributed by atoms with Crippen molar-refractivity contribution in [2.75, 3.05) is 0 Å². The molecule has 0 bridgehead atoms. The summed E-state index contributed by atoms with van der Waals surface area (Å²) in [5, 5.41) is 10.1. The molecule has 0 spiro atoms. The lowest BCUT2D eigenvalue weighted by Gasteiger charge is -2.13. The largest absolute Gasteiger partial charge is 0.388 e. The van der Waals surface area contributed by atoms with Crippen LogP contribution in [0.5, 0.6) is 0 Å². The Balaban J connectivity index is 2.22. The average molecular weight is 327 g/mol. The lowest BCUT2D eigenvalue weighted by Crippen LogP contribution is -2.03. The van der Waals surface area contributed by atoms with Gasteiger partial charge in [0.1, 0.15) is 11.6 Å². The molecule has 2 rings (SSSR count). The van der Waals surface area contributed by atoms with Crippen LogP contribution in [0, 0.1) is 18.6 Å². The maximum atomic E-state index is 13.3. The predicted molar refractivity (Wildman–Crippen MR) is 73.9 cm³/mol. The minimum atomic E-state index is -0.823. The zero-order chi connectivity index (χ0) is 14.0. The van der Waals surface area contributed by atoms with E-state index in [0.717, 1.165) is 11.1 Å². The van der Waals surface area contributed by atoms with Gasteiger partial charge in [-0.25, -0.2) is 8.78 Å². The van der Waals surface area contributed by atoms with E-state index in [1.54, 1.807) is 19.1 Å². The van der Waals surface area contributed by atoms with Crippen LogP contribution in [0.2, 0.25) is 0 Å². The van der Waals surface area contributed by atoms with Gasteiger partial charge in [0, 0.05) is 10.9 Å². The molecule has 1 nitrogen and oxygen atoms in total.